The summed E-state index contributed by atoms with van der Waals surface area (Å²) in [6.45, 7) is 4.99. The first kappa shape index (κ1) is 14.3. The molecule has 1 aromatic heterocycles. The first-order valence-electron chi connectivity index (χ1n) is 4.97. The molecule has 1 amide bonds. The number of carbonyl (C=O) groups is 1. The number of aromatic nitrogens is 3. The van der Waals surface area contributed by atoms with Crippen molar-refractivity contribution < 1.29 is 22.7 Å². The largest absolute Gasteiger partial charge is 0.453 e. The van der Waals surface area contributed by atoms with Crippen LogP contribution in [0.1, 0.15) is 38.5 Å². The predicted octanol–water partition coefficient (Wildman–Crippen LogP) is 2.01. The number of rotatable bonds is 2. The van der Waals surface area contributed by atoms with Gasteiger partial charge in [0.25, 0.3) is 5.82 Å². The van der Waals surface area contributed by atoms with Gasteiger partial charge in [0, 0.05) is 5.41 Å². The molecule has 0 saturated carbocycles. The number of alkyl halides is 3. The summed E-state index contributed by atoms with van der Waals surface area (Å²) in [5.74, 6) is -1.52. The molecule has 0 fully saturated rings. The van der Waals surface area contributed by atoms with Crippen molar-refractivity contribution >= 4 is 6.09 Å². The molecule has 1 aromatic rings. The number of nitrogens with two attached hydrogens (primary N) is 1. The smallest absolute Gasteiger partial charge is 0.438 e. The molecule has 1 unspecified atom stereocenters. The Kier molecular flexibility index (Phi) is 3.54. The number of hydrogen-bond acceptors (Lipinski definition) is 4. The zero-order valence-electron chi connectivity index (χ0n) is 10.00. The fraction of sp³-hybridized carbons (Fsp3) is 0.667. The fourth-order valence-electron chi connectivity index (χ4n) is 1.28. The third kappa shape index (κ3) is 3.34. The minimum atomic E-state index is -4.66. The van der Waals surface area contributed by atoms with E-state index in [1.54, 1.807) is 20.8 Å². The Morgan fingerprint density at radius 3 is 2.28 bits per heavy atom. The van der Waals surface area contributed by atoms with Gasteiger partial charge in [0.2, 0.25) is 0 Å². The number of H-pyrrole nitrogens is 1. The molecule has 0 bridgehead atoms. The number of aromatic amines is 1. The summed E-state index contributed by atoms with van der Waals surface area (Å²) in [7, 11) is 0. The average Bonchev–Trinajstić information content (AvgIpc) is 2.59. The summed E-state index contributed by atoms with van der Waals surface area (Å²) in [4.78, 5) is 14.0. The van der Waals surface area contributed by atoms with Crippen LogP contribution in [0, 0.1) is 5.41 Å². The standard InChI is InChI=1S/C9H13F3N4O2/c1-8(2,3)4(18-7(13)17)5-14-6(16-15-5)9(10,11)12/h4H,1-3H3,(H2,13,17)(H,14,15,16). The number of halogens is 3. The van der Waals surface area contributed by atoms with Crippen LogP contribution in [-0.2, 0) is 10.9 Å². The second kappa shape index (κ2) is 4.46. The molecule has 6 nitrogen and oxygen atoms in total. The Labute approximate surface area is 101 Å². The number of nitrogens with zero attached hydrogens (tertiary/aromatic N) is 2. The third-order valence-electron chi connectivity index (χ3n) is 2.03. The monoisotopic (exact) mass is 266 g/mol. The molecule has 3 N–H and O–H groups in total. The molecule has 0 aliphatic rings. The van der Waals surface area contributed by atoms with Crippen LogP contribution in [0.4, 0.5) is 18.0 Å². The van der Waals surface area contributed by atoms with Crippen molar-refractivity contribution in [3.05, 3.63) is 11.6 Å². The van der Waals surface area contributed by atoms with Crippen LogP contribution in [0.5, 0.6) is 0 Å². The van der Waals surface area contributed by atoms with Gasteiger partial charge in [-0.15, -0.1) is 5.10 Å². The maximum Gasteiger partial charge on any atom is 0.453 e. The molecule has 1 rings (SSSR count). The second-order valence-corrected chi connectivity index (χ2v) is 4.72. The maximum atomic E-state index is 12.3. The van der Waals surface area contributed by atoms with Crippen LogP contribution in [0.25, 0.3) is 0 Å². The zero-order valence-corrected chi connectivity index (χ0v) is 10.00. The van der Waals surface area contributed by atoms with Crippen molar-refractivity contribution in [2.75, 3.05) is 0 Å². The maximum absolute atomic E-state index is 12.3. The van der Waals surface area contributed by atoms with Crippen molar-refractivity contribution in [1.82, 2.24) is 15.2 Å². The van der Waals surface area contributed by atoms with E-state index in [1.807, 2.05) is 0 Å². The van der Waals surface area contributed by atoms with Crippen LogP contribution in [0.15, 0.2) is 0 Å². The van der Waals surface area contributed by atoms with E-state index in [0.29, 0.717) is 0 Å². The van der Waals surface area contributed by atoms with Gasteiger partial charge in [-0.3, -0.25) is 5.10 Å². The Balaban J connectivity index is 3.07. The van der Waals surface area contributed by atoms with Crippen molar-refractivity contribution in [1.29, 1.82) is 0 Å². The van der Waals surface area contributed by atoms with Crippen LogP contribution < -0.4 is 5.73 Å². The summed E-state index contributed by atoms with van der Waals surface area (Å²) in [6, 6.07) is 0. The van der Waals surface area contributed by atoms with E-state index in [9.17, 15) is 18.0 Å². The highest BCUT2D eigenvalue weighted by Crippen LogP contribution is 2.35. The lowest BCUT2D eigenvalue weighted by molar-refractivity contribution is -0.144. The van der Waals surface area contributed by atoms with Crippen LogP contribution in [0.3, 0.4) is 0 Å². The summed E-state index contributed by atoms with van der Waals surface area (Å²) < 4.78 is 41.8. The van der Waals surface area contributed by atoms with Gasteiger partial charge < -0.3 is 10.5 Å². The number of carbonyl (C=O) groups excluding carboxylic acids is 1. The average molecular weight is 266 g/mol. The van der Waals surface area contributed by atoms with E-state index in [-0.39, 0.29) is 5.82 Å². The minimum absolute atomic E-state index is 0.200. The van der Waals surface area contributed by atoms with Crippen LogP contribution >= 0.6 is 0 Å². The summed E-state index contributed by atoms with van der Waals surface area (Å²) in [6.07, 6.45) is -6.80. The minimum Gasteiger partial charge on any atom is -0.438 e. The highest BCUT2D eigenvalue weighted by atomic mass is 19.4. The number of amides is 1. The van der Waals surface area contributed by atoms with Gasteiger partial charge in [0.15, 0.2) is 11.9 Å². The number of ether oxygens (including phenoxy) is 1. The van der Waals surface area contributed by atoms with Gasteiger partial charge in [0.1, 0.15) is 0 Å². The second-order valence-electron chi connectivity index (χ2n) is 4.72. The van der Waals surface area contributed by atoms with E-state index in [1.165, 1.54) is 0 Å². The van der Waals surface area contributed by atoms with Crippen LogP contribution in [-0.4, -0.2) is 21.3 Å². The SMILES string of the molecule is CC(C)(C)C(OC(N)=O)c1nc(C(F)(F)F)n[nH]1. The molecular formula is C9H13F3N4O2. The molecule has 0 aromatic carbocycles. The van der Waals surface area contributed by atoms with Gasteiger partial charge >= 0.3 is 12.3 Å². The molecule has 102 valence electrons. The molecule has 0 aliphatic carbocycles. The molecule has 1 atom stereocenters. The van der Waals surface area contributed by atoms with Crippen molar-refractivity contribution in [3.63, 3.8) is 0 Å². The van der Waals surface area contributed by atoms with Gasteiger partial charge in [-0.1, -0.05) is 20.8 Å². The lowest BCUT2D eigenvalue weighted by Crippen LogP contribution is -2.28. The van der Waals surface area contributed by atoms with Gasteiger partial charge in [-0.25, -0.2) is 9.78 Å². The molecule has 0 aliphatic heterocycles. The van der Waals surface area contributed by atoms with E-state index in [2.05, 4.69) is 15.2 Å². The Morgan fingerprint density at radius 1 is 1.39 bits per heavy atom. The van der Waals surface area contributed by atoms with Gasteiger partial charge in [-0.05, 0) is 0 Å². The van der Waals surface area contributed by atoms with Crippen molar-refractivity contribution in [3.8, 4) is 0 Å². The molecule has 9 heteroatoms. The number of primary amides is 1. The lowest BCUT2D eigenvalue weighted by Gasteiger charge is -2.27. The van der Waals surface area contributed by atoms with E-state index < -0.39 is 29.6 Å². The lowest BCUT2D eigenvalue weighted by atomic mass is 9.88. The summed E-state index contributed by atoms with van der Waals surface area (Å²) in [5.41, 5.74) is 4.19. The van der Waals surface area contributed by atoms with E-state index in [0.717, 1.165) is 0 Å². The fourth-order valence-corrected chi connectivity index (χ4v) is 1.28. The summed E-state index contributed by atoms with van der Waals surface area (Å²) >= 11 is 0. The third-order valence-corrected chi connectivity index (χ3v) is 2.03. The molecular weight excluding hydrogens is 253 g/mol. The highest BCUT2D eigenvalue weighted by Gasteiger charge is 2.39. The molecule has 1 heterocycles. The number of hydrogen-bond donors (Lipinski definition) is 2. The van der Waals surface area contributed by atoms with Crippen molar-refractivity contribution in [2.24, 2.45) is 11.1 Å². The van der Waals surface area contributed by atoms with Crippen molar-refractivity contribution in [2.45, 2.75) is 33.1 Å². The quantitative estimate of drug-likeness (QED) is 0.856. The number of nitrogens with one attached hydrogen (secondary N) is 1. The predicted molar refractivity (Wildman–Crippen MR) is 54.2 cm³/mol. The van der Waals surface area contributed by atoms with E-state index >= 15 is 0 Å². The topological polar surface area (TPSA) is 93.9 Å². The normalized spacial score (nSPS) is 14.3. The molecule has 0 radical (unpaired) electrons. The van der Waals surface area contributed by atoms with Gasteiger partial charge in [-0.2, -0.15) is 13.2 Å². The first-order valence-corrected chi connectivity index (χ1v) is 4.97. The van der Waals surface area contributed by atoms with E-state index in [4.69, 9.17) is 10.5 Å². The molecule has 0 spiro atoms. The zero-order chi connectivity index (χ0) is 14.1. The molecule has 18 heavy (non-hydrogen) atoms. The summed E-state index contributed by atoms with van der Waals surface area (Å²) in [5, 5.41) is 5.15. The first-order chi connectivity index (χ1) is 8.01. The van der Waals surface area contributed by atoms with Crippen LogP contribution in [0.2, 0.25) is 0 Å². The highest BCUT2D eigenvalue weighted by molar-refractivity contribution is 5.65. The molecule has 0 saturated heterocycles. The Morgan fingerprint density at radius 2 is 1.94 bits per heavy atom. The Bertz CT molecular complexity index is 436. The van der Waals surface area contributed by atoms with Gasteiger partial charge in [0.05, 0.1) is 0 Å². The Hall–Kier alpha value is -1.80.